The lowest BCUT2D eigenvalue weighted by Gasteiger charge is -2.49. The zero-order valence-electron chi connectivity index (χ0n) is 38.9. The summed E-state index contributed by atoms with van der Waals surface area (Å²) in [5.74, 6) is -45.9. The summed E-state index contributed by atoms with van der Waals surface area (Å²) in [6.45, 7) is -1.47. The maximum Gasteiger partial charge on any atom is 0.340 e. The van der Waals surface area contributed by atoms with Gasteiger partial charge < -0.3 is 125 Å². The van der Waals surface area contributed by atoms with Gasteiger partial charge in [-0.2, -0.15) is 0 Å². The van der Waals surface area contributed by atoms with E-state index in [0.29, 0.717) is 30.3 Å². The van der Waals surface area contributed by atoms with Crippen LogP contribution in [0, 0.1) is 0 Å². The molecule has 80 heavy (non-hydrogen) atoms. The minimum Gasteiger partial charge on any atom is -0.504 e. The number of hydrogen-bond acceptors (Lipinski definition) is 31. The first-order valence-corrected chi connectivity index (χ1v) is 22.2. The number of rotatable bonds is 5. The van der Waals surface area contributed by atoms with E-state index in [2.05, 4.69) is 0 Å². The van der Waals surface area contributed by atoms with Gasteiger partial charge in [-0.1, -0.05) is 0 Å². The van der Waals surface area contributed by atoms with E-state index < -0.39 is 238 Å². The van der Waals surface area contributed by atoms with Crippen molar-refractivity contribution in [1.29, 1.82) is 0 Å². The van der Waals surface area contributed by atoms with Gasteiger partial charge >= 0.3 is 41.6 Å². The van der Waals surface area contributed by atoms with Crippen molar-refractivity contribution in [2.75, 3.05) is 6.61 Å². The maximum atomic E-state index is 15.0. The second-order valence-electron chi connectivity index (χ2n) is 17.8. The quantitative estimate of drug-likeness (QED) is 0.0469. The number of carboxylic acids is 1. The highest BCUT2D eigenvalue weighted by molar-refractivity contribution is 6.10. The van der Waals surface area contributed by atoms with Crippen LogP contribution in [0.5, 0.6) is 92.0 Å². The summed E-state index contributed by atoms with van der Waals surface area (Å²) in [7, 11) is 0. The highest BCUT2D eigenvalue weighted by atomic mass is 16.8. The number of carbonyl (C=O) groups excluding carboxylic acids is 6. The van der Waals surface area contributed by atoms with Crippen LogP contribution >= 0.6 is 0 Å². The predicted molar refractivity (Wildman–Crippen MR) is 241 cm³/mol. The SMILES string of the molecule is O=C1OC2C3COC(=O)c4cc(Oc5c(C(=O)O)cc(O)c(O)c5O)c(O)c(O)c4-c4c(cc(O)c(O)c4O)C(=O)OC2C(OC(=O)c2cc(O)c(O)c4c2C2C1=CC(=O)C(O)(O4)C2(O)O)C(OC(=O)c1cc(O)c(O)c(O)c1)O3. The molecule has 1 saturated heterocycles. The topological polar surface area (TPSA) is 537 Å². The Labute approximate surface area is 438 Å². The molecule has 32 heteroatoms. The number of ether oxygens (including phenoxy) is 8. The van der Waals surface area contributed by atoms with Crippen LogP contribution < -0.4 is 9.47 Å². The molecule has 0 aromatic heterocycles. The number of esters is 5. The van der Waals surface area contributed by atoms with Crippen LogP contribution in [0.3, 0.4) is 0 Å². The van der Waals surface area contributed by atoms with Crippen molar-refractivity contribution in [1.82, 2.24) is 0 Å². The highest BCUT2D eigenvalue weighted by Gasteiger charge is 2.70. The summed E-state index contributed by atoms with van der Waals surface area (Å²) in [6, 6.07) is 2.36. The number of hydrogen-bond donors (Lipinski definition) is 17. The normalized spacial score (nSPS) is 23.5. The average Bonchev–Trinajstić information content (AvgIpc) is 3.10. The summed E-state index contributed by atoms with van der Waals surface area (Å²) in [6.07, 6.45) is -12.8. The molecule has 5 aromatic carbocycles. The Bertz CT molecular complexity index is 3700. The van der Waals surface area contributed by atoms with E-state index in [-0.39, 0.29) is 12.1 Å². The largest absolute Gasteiger partial charge is 0.504 e. The Hall–Kier alpha value is -10.8. The Morgan fingerprint density at radius 2 is 1.10 bits per heavy atom. The molecule has 0 radical (unpaired) electrons. The van der Waals surface area contributed by atoms with Gasteiger partial charge in [0, 0.05) is 28.8 Å². The Morgan fingerprint density at radius 3 is 1.75 bits per heavy atom. The van der Waals surface area contributed by atoms with E-state index in [9.17, 15) is 120 Å². The van der Waals surface area contributed by atoms with Gasteiger partial charge in [-0.3, -0.25) is 4.79 Å². The van der Waals surface area contributed by atoms with Crippen molar-refractivity contribution in [2.45, 2.75) is 48.2 Å². The standard InChI is InChI=1S/C48H32O32/c49-15-1-9(2-16(50)27(15)55)41(65)79-46-39-38-36(76-45(69)13-7-22(54)48(72)47(70,71)26(13)25-11(44(68)78-39)4-19(53)30(58)37(25)80-48)21(75-46)8-73-42(66)12-6-20(74-35-14(40(63)64)5-18(52)29(57)34(35)62)31(59)33(61)24(12)23-10(43(67)77-38)3-17(51)28(56)32(23)60/h1-7,21,26,36,38-39,46,49-53,55-62,70-72H,8H2,(H,63,64). The number of aliphatic hydroxyl groups is 3. The number of aromatic hydroxyl groups is 13. The molecule has 4 heterocycles. The third-order valence-electron chi connectivity index (χ3n) is 13.2. The van der Waals surface area contributed by atoms with Crippen LogP contribution in [0.15, 0.2) is 48.0 Å². The van der Waals surface area contributed by atoms with Crippen molar-refractivity contribution in [3.8, 4) is 103 Å². The van der Waals surface area contributed by atoms with Crippen molar-refractivity contribution in [3.05, 3.63) is 81.4 Å². The third-order valence-corrected chi connectivity index (χ3v) is 13.2. The van der Waals surface area contributed by atoms with Crippen LogP contribution in [0.4, 0.5) is 0 Å². The van der Waals surface area contributed by atoms with Crippen molar-refractivity contribution in [3.63, 3.8) is 0 Å². The smallest absolute Gasteiger partial charge is 0.340 e. The molecule has 0 saturated carbocycles. The zero-order chi connectivity index (χ0) is 58.3. The maximum absolute atomic E-state index is 15.0. The first kappa shape index (κ1) is 52.6. The summed E-state index contributed by atoms with van der Waals surface area (Å²) >= 11 is 0. The number of benzene rings is 5. The molecule has 1 fully saturated rings. The number of phenols is 13. The van der Waals surface area contributed by atoms with Crippen LogP contribution in [-0.4, -0.2) is 177 Å². The second-order valence-corrected chi connectivity index (χ2v) is 17.8. The molecular formula is C48H32O32. The van der Waals surface area contributed by atoms with Crippen LogP contribution in [0.25, 0.3) is 11.1 Å². The molecule has 6 bridgehead atoms. The van der Waals surface area contributed by atoms with Gasteiger partial charge in [0.15, 0.2) is 75.5 Å². The molecule has 32 nitrogen and oxygen atoms in total. The van der Waals surface area contributed by atoms with E-state index in [1.165, 1.54) is 0 Å². The molecule has 17 N–H and O–H groups in total. The number of cyclic esters (lactones) is 1. The average molecular weight is 1120 g/mol. The molecule has 5 aliphatic rings. The Kier molecular flexibility index (Phi) is 11.8. The van der Waals surface area contributed by atoms with Gasteiger partial charge in [-0.05, 0) is 30.3 Å². The van der Waals surface area contributed by atoms with Crippen molar-refractivity contribution in [2.24, 2.45) is 0 Å². The van der Waals surface area contributed by atoms with Crippen molar-refractivity contribution >= 4 is 41.6 Å². The number of aromatic carboxylic acids is 1. The first-order chi connectivity index (χ1) is 37.5. The van der Waals surface area contributed by atoms with Gasteiger partial charge in [-0.15, -0.1) is 0 Å². The fourth-order valence-corrected chi connectivity index (χ4v) is 9.32. The van der Waals surface area contributed by atoms with Gasteiger partial charge in [-0.25, -0.2) is 28.8 Å². The van der Waals surface area contributed by atoms with Crippen molar-refractivity contribution < 1.29 is 158 Å². The summed E-state index contributed by atoms with van der Waals surface area (Å²) in [4.78, 5) is 98.7. The number of fused-ring (bicyclic) bond motifs is 4. The van der Waals surface area contributed by atoms with E-state index in [0.717, 1.165) is 0 Å². The Balaban J connectivity index is 1.20. The minimum absolute atomic E-state index is 0.214. The summed E-state index contributed by atoms with van der Waals surface area (Å²) in [5, 5.41) is 183. The monoisotopic (exact) mass is 1120 g/mol. The van der Waals surface area contributed by atoms with E-state index in [4.69, 9.17) is 37.9 Å². The number of ketones is 1. The fraction of sp³-hybridized carbons (Fsp3) is 0.188. The number of carbonyl (C=O) groups is 7. The van der Waals surface area contributed by atoms with E-state index in [1.807, 2.05) is 0 Å². The molecule has 0 amide bonds. The van der Waals surface area contributed by atoms with E-state index in [1.54, 1.807) is 0 Å². The summed E-state index contributed by atoms with van der Waals surface area (Å²) < 4.78 is 44.6. The van der Waals surface area contributed by atoms with Crippen LogP contribution in [0.2, 0.25) is 0 Å². The fourth-order valence-electron chi connectivity index (χ4n) is 9.32. The molecule has 7 unspecified atom stereocenters. The third kappa shape index (κ3) is 7.64. The van der Waals surface area contributed by atoms with Crippen LogP contribution in [-0.2, 0) is 38.0 Å². The lowest BCUT2D eigenvalue weighted by atomic mass is 9.70. The van der Waals surface area contributed by atoms with Gasteiger partial charge in [0.05, 0.1) is 33.7 Å². The highest BCUT2D eigenvalue weighted by Crippen LogP contribution is 2.59. The molecule has 10 rings (SSSR count). The lowest BCUT2D eigenvalue weighted by molar-refractivity contribution is -0.339. The molecule has 1 aliphatic carbocycles. The van der Waals surface area contributed by atoms with Crippen LogP contribution in [0.1, 0.15) is 63.3 Å². The number of phenolic OH excluding ortho intramolecular Hbond substituents is 13. The van der Waals surface area contributed by atoms with Gasteiger partial charge in [0.25, 0.3) is 5.79 Å². The molecular weight excluding hydrogens is 1090 g/mol. The predicted octanol–water partition coefficient (Wildman–Crippen LogP) is -0.200. The molecule has 0 spiro atoms. The zero-order valence-corrected chi connectivity index (χ0v) is 38.9. The summed E-state index contributed by atoms with van der Waals surface area (Å²) in [5.41, 5.74) is -10.6. The second kappa shape index (κ2) is 17.9. The molecule has 5 aromatic rings. The van der Waals surface area contributed by atoms with Gasteiger partial charge in [0.2, 0.25) is 46.9 Å². The molecule has 4 aliphatic heterocycles. The first-order valence-electron chi connectivity index (χ1n) is 22.2. The molecule has 416 valence electrons. The van der Waals surface area contributed by atoms with Gasteiger partial charge in [0.1, 0.15) is 18.3 Å². The van der Waals surface area contributed by atoms with E-state index >= 15 is 0 Å². The number of carboxylic acid groups (broad SMARTS) is 1. The minimum atomic E-state index is -4.05. The lowest BCUT2D eigenvalue weighted by Crippen LogP contribution is -2.70. The Morgan fingerprint density at radius 1 is 0.562 bits per heavy atom. The molecule has 7 atom stereocenters.